The van der Waals surface area contributed by atoms with E-state index in [4.69, 9.17) is 10.8 Å². The third kappa shape index (κ3) is 2.98. The first-order chi connectivity index (χ1) is 8.56. The van der Waals surface area contributed by atoms with Crippen LogP contribution in [0.15, 0.2) is 5.38 Å². The molecule has 98 valence electrons. The molecule has 1 amide bonds. The molecule has 1 fully saturated rings. The van der Waals surface area contributed by atoms with E-state index >= 15 is 0 Å². The zero-order chi connectivity index (χ0) is 13.1. The van der Waals surface area contributed by atoms with Crippen LogP contribution in [0.5, 0.6) is 0 Å². The highest BCUT2D eigenvalue weighted by atomic mass is 32.1. The molecule has 0 bridgehead atoms. The van der Waals surface area contributed by atoms with Crippen LogP contribution >= 0.6 is 11.3 Å². The Labute approximate surface area is 108 Å². The number of anilines is 1. The fraction of sp³-hybridized carbons (Fsp3) is 0.545. The minimum absolute atomic E-state index is 0.0693. The maximum Gasteiger partial charge on any atom is 0.308 e. The molecule has 0 saturated carbocycles. The van der Waals surface area contributed by atoms with Gasteiger partial charge in [-0.3, -0.25) is 9.59 Å². The summed E-state index contributed by atoms with van der Waals surface area (Å²) in [5.74, 6) is -1.51. The fourth-order valence-corrected chi connectivity index (χ4v) is 2.64. The average Bonchev–Trinajstić information content (AvgIpc) is 2.87. The fourth-order valence-electron chi connectivity index (χ4n) is 2.04. The molecule has 6 nitrogen and oxygen atoms in total. The van der Waals surface area contributed by atoms with E-state index in [0.29, 0.717) is 18.2 Å². The smallest absolute Gasteiger partial charge is 0.308 e. The Morgan fingerprint density at radius 1 is 1.67 bits per heavy atom. The second-order valence-corrected chi connectivity index (χ2v) is 5.25. The molecule has 7 heteroatoms. The van der Waals surface area contributed by atoms with E-state index in [1.54, 1.807) is 4.90 Å². The summed E-state index contributed by atoms with van der Waals surface area (Å²) >= 11 is 1.40. The molecule has 1 aliphatic rings. The molecule has 18 heavy (non-hydrogen) atoms. The van der Waals surface area contributed by atoms with Gasteiger partial charge in [0.2, 0.25) is 5.91 Å². The minimum Gasteiger partial charge on any atom is -0.481 e. The summed E-state index contributed by atoms with van der Waals surface area (Å²) in [4.78, 5) is 28.1. The topological polar surface area (TPSA) is 96.5 Å². The molecule has 1 unspecified atom stereocenters. The molecule has 2 heterocycles. The average molecular weight is 269 g/mol. The van der Waals surface area contributed by atoms with E-state index in [9.17, 15) is 9.59 Å². The summed E-state index contributed by atoms with van der Waals surface area (Å²) in [6.45, 7) is 0.910. The van der Waals surface area contributed by atoms with Gasteiger partial charge in [0, 0.05) is 24.9 Å². The molecule has 0 radical (unpaired) electrons. The van der Waals surface area contributed by atoms with Gasteiger partial charge in [0.1, 0.15) is 0 Å². The SMILES string of the molecule is Nc1nc(CCCN2CC(C(=O)O)CC2=O)cs1. The van der Waals surface area contributed by atoms with Crippen molar-refractivity contribution in [3.63, 3.8) is 0 Å². The lowest BCUT2D eigenvalue weighted by molar-refractivity contribution is -0.141. The summed E-state index contributed by atoms with van der Waals surface area (Å²) in [7, 11) is 0. The Balaban J connectivity index is 1.77. The normalized spacial score (nSPS) is 19.4. The third-order valence-electron chi connectivity index (χ3n) is 2.99. The highest BCUT2D eigenvalue weighted by Gasteiger charge is 2.33. The maximum atomic E-state index is 11.6. The predicted octanol–water partition coefficient (Wildman–Crippen LogP) is 0.591. The van der Waals surface area contributed by atoms with Crippen LogP contribution in [-0.2, 0) is 16.0 Å². The zero-order valence-electron chi connectivity index (χ0n) is 9.83. The maximum absolute atomic E-state index is 11.6. The highest BCUT2D eigenvalue weighted by Crippen LogP contribution is 2.19. The van der Waals surface area contributed by atoms with E-state index in [1.165, 1.54) is 11.3 Å². The number of amides is 1. The standard InChI is InChI=1S/C11H15N3O3S/c12-11-13-8(6-18-11)2-1-3-14-5-7(10(16)17)4-9(14)15/h6-7H,1-5H2,(H2,12,13)(H,16,17). The van der Waals surface area contributed by atoms with Gasteiger partial charge in [-0.05, 0) is 12.8 Å². The van der Waals surface area contributed by atoms with Crippen molar-refractivity contribution >= 4 is 28.3 Å². The quantitative estimate of drug-likeness (QED) is 0.815. The van der Waals surface area contributed by atoms with Crippen LogP contribution in [0, 0.1) is 5.92 Å². The van der Waals surface area contributed by atoms with Crippen molar-refractivity contribution in [3.05, 3.63) is 11.1 Å². The van der Waals surface area contributed by atoms with Crippen molar-refractivity contribution in [1.29, 1.82) is 0 Å². The number of carboxylic acids is 1. The lowest BCUT2D eigenvalue weighted by Gasteiger charge is -2.15. The van der Waals surface area contributed by atoms with Gasteiger partial charge < -0.3 is 15.7 Å². The van der Waals surface area contributed by atoms with E-state index in [-0.39, 0.29) is 12.3 Å². The second-order valence-electron chi connectivity index (χ2n) is 4.36. The molecule has 1 aromatic rings. The number of thiazole rings is 1. The molecule has 1 aliphatic heterocycles. The molecule has 2 rings (SSSR count). The predicted molar refractivity (Wildman–Crippen MR) is 67.2 cm³/mol. The zero-order valence-corrected chi connectivity index (χ0v) is 10.7. The lowest BCUT2D eigenvalue weighted by atomic mass is 10.1. The molecule has 0 spiro atoms. The molecule has 0 aromatic carbocycles. The van der Waals surface area contributed by atoms with Gasteiger partial charge >= 0.3 is 5.97 Å². The summed E-state index contributed by atoms with van der Waals surface area (Å²) in [6.07, 6.45) is 1.66. The number of carboxylic acid groups (broad SMARTS) is 1. The first kappa shape index (κ1) is 12.8. The molecule has 1 aromatic heterocycles. The summed E-state index contributed by atoms with van der Waals surface area (Å²) in [5.41, 5.74) is 6.45. The number of carbonyl (C=O) groups excluding carboxylic acids is 1. The number of aryl methyl sites for hydroxylation is 1. The van der Waals surface area contributed by atoms with Gasteiger partial charge in [0.05, 0.1) is 11.6 Å². The number of rotatable bonds is 5. The molecular formula is C11H15N3O3S. The second kappa shape index (κ2) is 5.34. The largest absolute Gasteiger partial charge is 0.481 e. The molecule has 1 saturated heterocycles. The van der Waals surface area contributed by atoms with Gasteiger partial charge in [-0.25, -0.2) is 4.98 Å². The Morgan fingerprint density at radius 2 is 2.44 bits per heavy atom. The number of aromatic nitrogens is 1. The van der Waals surface area contributed by atoms with Crippen molar-refractivity contribution in [3.8, 4) is 0 Å². The Morgan fingerprint density at radius 3 is 3.00 bits per heavy atom. The number of aliphatic carboxylic acids is 1. The Kier molecular flexibility index (Phi) is 3.81. The number of carbonyl (C=O) groups is 2. The van der Waals surface area contributed by atoms with Crippen molar-refractivity contribution in [2.24, 2.45) is 5.92 Å². The lowest BCUT2D eigenvalue weighted by Crippen LogP contribution is -2.27. The van der Waals surface area contributed by atoms with Gasteiger partial charge in [0.15, 0.2) is 5.13 Å². The molecule has 3 N–H and O–H groups in total. The number of nitrogens with zero attached hydrogens (tertiary/aromatic N) is 2. The van der Waals surface area contributed by atoms with Crippen molar-refractivity contribution in [2.45, 2.75) is 19.3 Å². The Bertz CT molecular complexity index is 460. The van der Waals surface area contributed by atoms with E-state index in [1.807, 2.05) is 5.38 Å². The van der Waals surface area contributed by atoms with Gasteiger partial charge in [-0.15, -0.1) is 11.3 Å². The van der Waals surface area contributed by atoms with Gasteiger partial charge in [-0.2, -0.15) is 0 Å². The van der Waals surface area contributed by atoms with E-state index in [2.05, 4.69) is 4.98 Å². The number of hydrogen-bond donors (Lipinski definition) is 2. The Hall–Kier alpha value is -1.63. The van der Waals surface area contributed by atoms with Gasteiger partial charge in [-0.1, -0.05) is 0 Å². The van der Waals surface area contributed by atoms with Crippen LogP contribution in [0.4, 0.5) is 5.13 Å². The van der Waals surface area contributed by atoms with Crippen molar-refractivity contribution in [1.82, 2.24) is 9.88 Å². The summed E-state index contributed by atoms with van der Waals surface area (Å²) < 4.78 is 0. The summed E-state index contributed by atoms with van der Waals surface area (Å²) in [6, 6.07) is 0. The first-order valence-corrected chi connectivity index (χ1v) is 6.64. The van der Waals surface area contributed by atoms with Crippen LogP contribution < -0.4 is 5.73 Å². The molecule has 0 aliphatic carbocycles. The van der Waals surface area contributed by atoms with Crippen LogP contribution in [0.25, 0.3) is 0 Å². The number of likely N-dealkylation sites (tertiary alicyclic amines) is 1. The first-order valence-electron chi connectivity index (χ1n) is 5.76. The number of nitrogen functional groups attached to an aromatic ring is 1. The van der Waals surface area contributed by atoms with E-state index in [0.717, 1.165) is 18.5 Å². The minimum atomic E-state index is -0.891. The van der Waals surface area contributed by atoms with Gasteiger partial charge in [0.25, 0.3) is 0 Å². The van der Waals surface area contributed by atoms with Crippen LogP contribution in [0.1, 0.15) is 18.5 Å². The molecule has 1 atom stereocenters. The highest BCUT2D eigenvalue weighted by molar-refractivity contribution is 7.13. The molecular weight excluding hydrogens is 254 g/mol. The van der Waals surface area contributed by atoms with E-state index < -0.39 is 11.9 Å². The number of hydrogen-bond acceptors (Lipinski definition) is 5. The van der Waals surface area contributed by atoms with Crippen LogP contribution in [0.3, 0.4) is 0 Å². The third-order valence-corrected chi connectivity index (χ3v) is 3.72. The summed E-state index contributed by atoms with van der Waals surface area (Å²) in [5, 5.41) is 11.3. The number of nitrogens with two attached hydrogens (primary N) is 1. The van der Waals surface area contributed by atoms with Crippen LogP contribution in [0.2, 0.25) is 0 Å². The van der Waals surface area contributed by atoms with Crippen LogP contribution in [-0.4, -0.2) is 40.0 Å². The van der Waals surface area contributed by atoms with Crippen molar-refractivity contribution in [2.75, 3.05) is 18.8 Å². The monoisotopic (exact) mass is 269 g/mol. The van der Waals surface area contributed by atoms with Crippen molar-refractivity contribution < 1.29 is 14.7 Å².